The Morgan fingerprint density at radius 1 is 1.48 bits per heavy atom. The summed E-state index contributed by atoms with van der Waals surface area (Å²) in [6.45, 7) is 3.14. The fraction of sp³-hybridized carbons (Fsp3) is 0.467. The number of hydrogen-bond donors (Lipinski definition) is 0. The molecule has 2 amide bonds. The first-order chi connectivity index (χ1) is 10.1. The summed E-state index contributed by atoms with van der Waals surface area (Å²) in [5.41, 5.74) is 0.678. The maximum atomic E-state index is 12.6. The lowest BCUT2D eigenvalue weighted by atomic mass is 10.2. The van der Waals surface area contributed by atoms with Crippen molar-refractivity contribution in [2.45, 2.75) is 25.9 Å². The number of amides is 2. The van der Waals surface area contributed by atoms with Gasteiger partial charge in [0.25, 0.3) is 0 Å². The molecule has 0 spiro atoms. The predicted octanol–water partition coefficient (Wildman–Crippen LogP) is 2.08. The number of benzene rings is 1. The highest BCUT2D eigenvalue weighted by molar-refractivity contribution is 6.32. The lowest BCUT2D eigenvalue weighted by Crippen LogP contribution is -2.47. The quantitative estimate of drug-likeness (QED) is 0.840. The number of hydrogen-bond acceptors (Lipinski definition) is 3. The van der Waals surface area contributed by atoms with E-state index in [0.717, 1.165) is 6.42 Å². The lowest BCUT2D eigenvalue weighted by Gasteiger charge is -2.34. The van der Waals surface area contributed by atoms with E-state index in [0.29, 0.717) is 36.0 Å². The Labute approximate surface area is 128 Å². The first-order valence-corrected chi connectivity index (χ1v) is 7.47. The normalized spacial score (nSPS) is 21.2. The van der Waals surface area contributed by atoms with E-state index in [1.54, 1.807) is 21.9 Å². The van der Waals surface area contributed by atoms with Crippen LogP contribution in [0.2, 0.25) is 5.02 Å². The standard InChI is InChI=1S/C15H17ClN2O3/c1-10-8-18(12-5-2-4-11(16)15(12)21-10)14(20)9-17-7-3-6-13(17)19/h2,4-5,10H,3,6-9H2,1H3. The number of carbonyl (C=O) groups is 2. The molecule has 0 aliphatic carbocycles. The Bertz CT molecular complexity index is 590. The third kappa shape index (κ3) is 2.70. The van der Waals surface area contributed by atoms with E-state index in [4.69, 9.17) is 16.3 Å². The molecule has 2 aliphatic heterocycles. The van der Waals surface area contributed by atoms with Gasteiger partial charge in [-0.15, -0.1) is 0 Å². The van der Waals surface area contributed by atoms with Gasteiger partial charge in [0, 0.05) is 13.0 Å². The van der Waals surface area contributed by atoms with Crippen LogP contribution in [0.5, 0.6) is 5.75 Å². The van der Waals surface area contributed by atoms with E-state index in [2.05, 4.69) is 0 Å². The molecular formula is C15H17ClN2O3. The van der Waals surface area contributed by atoms with Crippen LogP contribution in [0.4, 0.5) is 5.69 Å². The zero-order valence-corrected chi connectivity index (χ0v) is 12.6. The van der Waals surface area contributed by atoms with Crippen LogP contribution < -0.4 is 9.64 Å². The minimum atomic E-state index is -0.129. The second-order valence-electron chi connectivity index (χ2n) is 5.44. The minimum absolute atomic E-state index is 0.0518. The molecule has 1 atom stereocenters. The molecule has 2 heterocycles. The van der Waals surface area contributed by atoms with Crippen molar-refractivity contribution in [3.05, 3.63) is 23.2 Å². The fourth-order valence-electron chi connectivity index (χ4n) is 2.78. The molecule has 6 heteroatoms. The van der Waals surface area contributed by atoms with E-state index < -0.39 is 0 Å². The van der Waals surface area contributed by atoms with Crippen LogP contribution in [0.1, 0.15) is 19.8 Å². The molecule has 3 rings (SSSR count). The van der Waals surface area contributed by atoms with Crippen molar-refractivity contribution in [2.24, 2.45) is 0 Å². The van der Waals surface area contributed by atoms with Crippen LogP contribution in [0.25, 0.3) is 0 Å². The number of fused-ring (bicyclic) bond motifs is 1. The predicted molar refractivity (Wildman–Crippen MR) is 79.7 cm³/mol. The topological polar surface area (TPSA) is 49.9 Å². The Morgan fingerprint density at radius 3 is 3.00 bits per heavy atom. The molecule has 112 valence electrons. The van der Waals surface area contributed by atoms with Gasteiger partial charge in [-0.2, -0.15) is 0 Å². The zero-order chi connectivity index (χ0) is 15.0. The van der Waals surface area contributed by atoms with E-state index in [9.17, 15) is 9.59 Å². The Morgan fingerprint density at radius 2 is 2.29 bits per heavy atom. The van der Waals surface area contributed by atoms with Crippen molar-refractivity contribution in [3.8, 4) is 5.75 Å². The fourth-order valence-corrected chi connectivity index (χ4v) is 2.99. The smallest absolute Gasteiger partial charge is 0.246 e. The molecule has 1 aromatic carbocycles. The van der Waals surface area contributed by atoms with Crippen LogP contribution in [0.3, 0.4) is 0 Å². The van der Waals surface area contributed by atoms with Crippen molar-refractivity contribution in [2.75, 3.05) is 24.5 Å². The molecule has 0 bridgehead atoms. The van der Waals surface area contributed by atoms with E-state index in [1.165, 1.54) is 0 Å². The van der Waals surface area contributed by atoms with E-state index in [-0.39, 0.29) is 24.5 Å². The molecule has 0 radical (unpaired) electrons. The second kappa shape index (κ2) is 5.56. The first-order valence-electron chi connectivity index (χ1n) is 7.09. The van der Waals surface area contributed by atoms with Crippen LogP contribution in [-0.4, -0.2) is 42.5 Å². The van der Waals surface area contributed by atoms with Crippen molar-refractivity contribution < 1.29 is 14.3 Å². The summed E-state index contributed by atoms with van der Waals surface area (Å²) >= 11 is 6.14. The number of carbonyl (C=O) groups excluding carboxylic acids is 2. The highest BCUT2D eigenvalue weighted by Crippen LogP contribution is 2.39. The molecule has 0 aromatic heterocycles. The monoisotopic (exact) mass is 308 g/mol. The molecule has 1 fully saturated rings. The summed E-state index contributed by atoms with van der Waals surface area (Å²) in [6.07, 6.45) is 1.24. The van der Waals surface area contributed by atoms with Gasteiger partial charge in [-0.05, 0) is 25.5 Å². The summed E-state index contributed by atoms with van der Waals surface area (Å²) in [5.74, 6) is 0.499. The van der Waals surface area contributed by atoms with Gasteiger partial charge in [0.2, 0.25) is 11.8 Å². The number of rotatable bonds is 2. The summed E-state index contributed by atoms with van der Waals surface area (Å²) < 4.78 is 5.73. The maximum absolute atomic E-state index is 12.6. The number of ether oxygens (including phenoxy) is 1. The highest BCUT2D eigenvalue weighted by atomic mass is 35.5. The molecular weight excluding hydrogens is 292 g/mol. The third-order valence-corrected chi connectivity index (χ3v) is 4.09. The van der Waals surface area contributed by atoms with Crippen LogP contribution in [-0.2, 0) is 9.59 Å². The van der Waals surface area contributed by atoms with Gasteiger partial charge in [0.15, 0.2) is 5.75 Å². The van der Waals surface area contributed by atoms with E-state index >= 15 is 0 Å². The van der Waals surface area contributed by atoms with E-state index in [1.807, 2.05) is 13.0 Å². The summed E-state index contributed by atoms with van der Waals surface area (Å²) in [5, 5.41) is 0.495. The second-order valence-corrected chi connectivity index (χ2v) is 5.85. The molecule has 1 saturated heterocycles. The van der Waals surface area contributed by atoms with Gasteiger partial charge >= 0.3 is 0 Å². The summed E-state index contributed by atoms with van der Waals surface area (Å²) in [6, 6.07) is 5.35. The number of likely N-dealkylation sites (tertiary alicyclic amines) is 1. The zero-order valence-electron chi connectivity index (χ0n) is 11.8. The van der Waals surface area contributed by atoms with Gasteiger partial charge in [0.05, 0.1) is 17.3 Å². The summed E-state index contributed by atoms with van der Waals surface area (Å²) in [7, 11) is 0. The molecule has 21 heavy (non-hydrogen) atoms. The van der Waals surface area contributed by atoms with Crippen molar-refractivity contribution in [1.82, 2.24) is 4.90 Å². The first kappa shape index (κ1) is 14.2. The highest BCUT2D eigenvalue weighted by Gasteiger charge is 2.31. The average Bonchev–Trinajstić information content (AvgIpc) is 2.84. The lowest BCUT2D eigenvalue weighted by molar-refractivity contribution is -0.132. The number of nitrogens with zero attached hydrogens (tertiary/aromatic N) is 2. The van der Waals surface area contributed by atoms with Gasteiger partial charge in [-0.25, -0.2) is 0 Å². The van der Waals surface area contributed by atoms with Gasteiger partial charge in [-0.1, -0.05) is 17.7 Å². The molecule has 1 aromatic rings. The molecule has 0 saturated carbocycles. The van der Waals surface area contributed by atoms with Gasteiger partial charge in [-0.3, -0.25) is 9.59 Å². The number of para-hydroxylation sites is 1. The van der Waals surface area contributed by atoms with Crippen LogP contribution >= 0.6 is 11.6 Å². The third-order valence-electron chi connectivity index (χ3n) is 3.79. The molecule has 2 aliphatic rings. The number of halogens is 1. The SMILES string of the molecule is CC1CN(C(=O)CN2CCCC2=O)c2cccc(Cl)c2O1. The van der Waals surface area contributed by atoms with Crippen LogP contribution in [0, 0.1) is 0 Å². The molecule has 5 nitrogen and oxygen atoms in total. The average molecular weight is 309 g/mol. The van der Waals surface area contributed by atoms with Crippen LogP contribution in [0.15, 0.2) is 18.2 Å². The van der Waals surface area contributed by atoms with Gasteiger partial charge in [0.1, 0.15) is 12.6 Å². The van der Waals surface area contributed by atoms with Crippen molar-refractivity contribution in [3.63, 3.8) is 0 Å². The minimum Gasteiger partial charge on any atom is -0.485 e. The maximum Gasteiger partial charge on any atom is 0.246 e. The molecule has 1 unspecified atom stereocenters. The Kier molecular flexibility index (Phi) is 3.76. The number of anilines is 1. The largest absolute Gasteiger partial charge is 0.485 e. The van der Waals surface area contributed by atoms with Crippen molar-refractivity contribution in [1.29, 1.82) is 0 Å². The Hall–Kier alpha value is -1.75. The summed E-state index contributed by atoms with van der Waals surface area (Å²) in [4.78, 5) is 27.5. The van der Waals surface area contributed by atoms with Gasteiger partial charge < -0.3 is 14.5 Å². The Balaban J connectivity index is 1.84. The van der Waals surface area contributed by atoms with Crippen molar-refractivity contribution >= 4 is 29.1 Å². The molecule has 0 N–H and O–H groups in total.